The second-order valence-corrected chi connectivity index (χ2v) is 27.0. The number of carboxylic acid groups (broad SMARTS) is 1. The highest BCUT2D eigenvalue weighted by Crippen LogP contribution is 2.53. The van der Waals surface area contributed by atoms with Gasteiger partial charge in [-0.05, 0) is 104 Å². The molecule has 0 unspecified atom stereocenters. The summed E-state index contributed by atoms with van der Waals surface area (Å²) in [5.74, 6) is -2.26. The van der Waals surface area contributed by atoms with Crippen molar-refractivity contribution in [1.29, 1.82) is 0 Å². The zero-order valence-electron chi connectivity index (χ0n) is 47.8. The Morgan fingerprint density at radius 1 is 0.805 bits per heavy atom. The number of pyridine rings is 2. The van der Waals surface area contributed by atoms with Crippen LogP contribution in [0, 0.1) is 17.8 Å². The molecule has 2 aromatic carbocycles. The summed E-state index contributed by atoms with van der Waals surface area (Å²) in [4.78, 5) is 102. The first-order valence-electron chi connectivity index (χ1n) is 28.6. The number of aromatic nitrogens is 4. The van der Waals surface area contributed by atoms with Gasteiger partial charge in [0.2, 0.25) is 27.7 Å². The van der Waals surface area contributed by atoms with Crippen molar-refractivity contribution < 1.29 is 37.5 Å². The summed E-state index contributed by atoms with van der Waals surface area (Å²) in [5, 5.41) is 11.8. The van der Waals surface area contributed by atoms with Crippen LogP contribution in [0.2, 0.25) is 10.0 Å². The molecule has 3 amide bonds. The molecule has 9 rings (SSSR count). The number of piperazine rings is 2. The molecule has 1 saturated carbocycles. The smallest absolute Gasteiger partial charge is 0.304 e. The van der Waals surface area contributed by atoms with Crippen LogP contribution >= 0.6 is 23.2 Å². The van der Waals surface area contributed by atoms with E-state index in [0.717, 1.165) is 48.2 Å². The predicted molar refractivity (Wildman–Crippen MR) is 316 cm³/mol. The molecule has 5 aromatic rings. The van der Waals surface area contributed by atoms with Gasteiger partial charge >= 0.3 is 5.97 Å². The minimum atomic E-state index is -4.06. The minimum Gasteiger partial charge on any atom is -0.481 e. The number of unbranched alkanes of at least 4 members (excludes halogenated alkanes) is 1. The summed E-state index contributed by atoms with van der Waals surface area (Å²) in [5.41, 5.74) is 2.12. The zero-order valence-corrected chi connectivity index (χ0v) is 50.1. The Morgan fingerprint density at radius 3 is 2.01 bits per heavy atom. The summed E-state index contributed by atoms with van der Waals surface area (Å²) in [7, 11) is -4.06. The number of likely N-dealkylation sites (tertiary alicyclic amines) is 1. The van der Waals surface area contributed by atoms with Gasteiger partial charge in [-0.15, -0.1) is 0 Å². The van der Waals surface area contributed by atoms with E-state index in [9.17, 15) is 37.5 Å². The number of amides is 3. The third-order valence-corrected chi connectivity index (χ3v) is 19.7. The number of anilines is 1. The number of aryl methyl sites for hydroxylation is 1. The molecule has 1 N–H and O–H groups in total. The number of nitrogens with zero attached hydrogens (tertiary/aromatic N) is 9. The molecule has 4 fully saturated rings. The second kappa shape index (κ2) is 24.9. The molecule has 4 aliphatic rings. The van der Waals surface area contributed by atoms with E-state index in [2.05, 4.69) is 9.88 Å². The summed E-state index contributed by atoms with van der Waals surface area (Å²) < 4.78 is 32.4. The van der Waals surface area contributed by atoms with Crippen LogP contribution in [0.25, 0.3) is 11.0 Å². The van der Waals surface area contributed by atoms with Crippen LogP contribution in [0.1, 0.15) is 155 Å². The van der Waals surface area contributed by atoms with E-state index in [1.807, 2.05) is 74.3 Å². The normalized spacial score (nSPS) is 20.9. The first kappa shape index (κ1) is 60.3. The number of hydrogen-bond donors (Lipinski definition) is 1. The molecule has 438 valence electrons. The van der Waals surface area contributed by atoms with Gasteiger partial charge in [0.1, 0.15) is 11.5 Å². The lowest BCUT2D eigenvalue weighted by molar-refractivity contribution is -0.162. The third-order valence-electron chi connectivity index (χ3n) is 17.3. The van der Waals surface area contributed by atoms with Crippen molar-refractivity contribution in [2.24, 2.45) is 10.8 Å². The Morgan fingerprint density at radius 2 is 1.44 bits per heavy atom. The molecule has 4 atom stereocenters. The van der Waals surface area contributed by atoms with Crippen LogP contribution in [0.3, 0.4) is 0 Å². The number of piperidine rings is 1. The lowest BCUT2D eigenvalue weighted by Crippen LogP contribution is -2.61. The maximum atomic E-state index is 15.1. The number of carbonyl (C=O) groups excluding carboxylic acids is 4. The maximum absolute atomic E-state index is 15.1. The van der Waals surface area contributed by atoms with Crippen molar-refractivity contribution in [2.45, 2.75) is 136 Å². The number of sulfonamides is 1. The first-order chi connectivity index (χ1) is 38.9. The number of fused-ring (bicyclic) bond motifs is 1. The number of aliphatic carboxylic acids is 1. The van der Waals surface area contributed by atoms with Gasteiger partial charge < -0.3 is 24.7 Å². The minimum absolute atomic E-state index is 0.00780. The summed E-state index contributed by atoms with van der Waals surface area (Å²) in [6, 6.07) is 16.7. The Labute approximate surface area is 490 Å². The van der Waals surface area contributed by atoms with Crippen molar-refractivity contribution >= 4 is 79.4 Å². The fourth-order valence-corrected chi connectivity index (χ4v) is 15.1. The topological polar surface area (TPSA) is 217 Å². The van der Waals surface area contributed by atoms with Crippen molar-refractivity contribution in [3.8, 4) is 0 Å². The van der Waals surface area contributed by atoms with Gasteiger partial charge in [0.05, 0.1) is 53.5 Å². The highest BCUT2D eigenvalue weighted by molar-refractivity contribution is 7.89. The molecular weight excluding hydrogens is 1110 g/mol. The van der Waals surface area contributed by atoms with Crippen molar-refractivity contribution in [3.63, 3.8) is 0 Å². The quantitative estimate of drug-likeness (QED) is 0.0641. The molecule has 0 radical (unpaired) electrons. The van der Waals surface area contributed by atoms with Crippen LogP contribution in [0.5, 0.6) is 0 Å². The lowest BCUT2D eigenvalue weighted by Gasteiger charge is -2.54. The van der Waals surface area contributed by atoms with Gasteiger partial charge in [0.15, 0.2) is 5.78 Å². The molecular formula is C61H75Cl2N9O9S. The largest absolute Gasteiger partial charge is 0.481 e. The molecule has 6 heterocycles. The Bertz CT molecular complexity index is 3390. The number of halogens is 2. The van der Waals surface area contributed by atoms with Crippen LogP contribution in [-0.2, 0) is 35.6 Å². The third kappa shape index (κ3) is 13.2. The fourth-order valence-electron chi connectivity index (χ4n) is 12.8. The average Bonchev–Trinajstić information content (AvgIpc) is 1.74. The molecule has 0 spiro atoms. The zero-order chi connectivity index (χ0) is 58.8. The molecule has 82 heavy (non-hydrogen) atoms. The number of carbonyl (C=O) groups is 5. The van der Waals surface area contributed by atoms with Gasteiger partial charge in [0, 0.05) is 104 Å². The number of ketones is 1. The predicted octanol–water partition coefficient (Wildman–Crippen LogP) is 9.05. The maximum Gasteiger partial charge on any atom is 0.304 e. The summed E-state index contributed by atoms with van der Waals surface area (Å²) >= 11 is 12.9. The van der Waals surface area contributed by atoms with E-state index < -0.39 is 62.9 Å². The number of benzene rings is 2. The SMILES string of the molecule is CC(=O)c1c(C)c2cnc(Cc3ccc(N4CCN(C(=O)CCCCC(=O)N5CCN(S(=O)(=O)C[C@@H](N6C(=O)[C@@](C)(CC(=O)O)C[C@H](c7cccc(Cl)c7)[C@H]6c6ccc(Cl)cc6)C(C)(C)C)CC5)CC4)cn3)nc2n(C2CCCC2)c1=O. The molecule has 18 nitrogen and oxygen atoms in total. The standard InChI is InChI=1S/C61H75Cl2N9O9S/c1-39-49-37-65-51(66-57(49)71(46-14-7-8-15-46)58(78)55(39)40(2)73)33-45-22-23-47(36-64-45)67-24-26-68(27-25-67)52(74)16-9-10-17-53(75)69-28-30-70(31-29-69)82(80,81)38-50(60(3,4)5)72-56(41-18-20-43(62)21-19-41)48(42-12-11-13-44(63)32-42)34-61(6,59(72)79)35-54(76)77/h11-13,18-23,32,36-37,46,48,50,56H,7-10,14-17,24-31,33-35,38H2,1-6H3,(H,76,77)/t48-,50-,56-,61-/m1/s1. The average molecular weight is 1180 g/mol. The van der Waals surface area contributed by atoms with Crippen LogP contribution in [-0.4, -0.2) is 146 Å². The van der Waals surface area contributed by atoms with E-state index in [4.69, 9.17) is 33.2 Å². The van der Waals surface area contributed by atoms with E-state index in [1.54, 1.807) is 52.6 Å². The van der Waals surface area contributed by atoms with E-state index in [-0.39, 0.29) is 73.8 Å². The monoisotopic (exact) mass is 1180 g/mol. The number of Topliss-reactive ketones (excluding diaryl/α,β-unsaturated/α-hetero) is 1. The lowest BCUT2D eigenvalue weighted by atomic mass is 9.66. The second-order valence-electron chi connectivity index (χ2n) is 24.1. The Kier molecular flexibility index (Phi) is 18.3. The molecule has 0 bridgehead atoms. The Balaban J connectivity index is 0.759. The molecule has 1 aliphatic carbocycles. The summed E-state index contributed by atoms with van der Waals surface area (Å²) in [6.45, 7) is 13.4. The van der Waals surface area contributed by atoms with Crippen LogP contribution in [0.15, 0.2) is 77.9 Å². The van der Waals surface area contributed by atoms with Crippen molar-refractivity contribution in [2.75, 3.05) is 63.0 Å². The van der Waals surface area contributed by atoms with Gasteiger partial charge in [-0.3, -0.25) is 38.3 Å². The Hall–Kier alpha value is -6.28. The summed E-state index contributed by atoms with van der Waals surface area (Å²) in [6.07, 6.45) is 8.98. The fraction of sp³-hybridized carbons (Fsp3) is 0.525. The van der Waals surface area contributed by atoms with E-state index in [1.165, 1.54) is 11.2 Å². The van der Waals surface area contributed by atoms with Crippen molar-refractivity contribution in [3.05, 3.63) is 127 Å². The molecule has 3 saturated heterocycles. The molecule has 21 heteroatoms. The number of carboxylic acids is 1. The molecule has 3 aliphatic heterocycles. The first-order valence-corrected chi connectivity index (χ1v) is 31.0. The van der Waals surface area contributed by atoms with Gasteiger partial charge in [-0.1, -0.05) is 88.0 Å². The molecule has 3 aromatic heterocycles. The van der Waals surface area contributed by atoms with E-state index >= 15 is 4.79 Å². The van der Waals surface area contributed by atoms with Gasteiger partial charge in [-0.25, -0.2) is 18.4 Å². The van der Waals surface area contributed by atoms with Crippen LogP contribution in [0.4, 0.5) is 5.69 Å². The van der Waals surface area contributed by atoms with E-state index in [0.29, 0.717) is 84.3 Å². The van der Waals surface area contributed by atoms with Gasteiger partial charge in [-0.2, -0.15) is 4.31 Å². The number of rotatable bonds is 18. The highest BCUT2D eigenvalue weighted by atomic mass is 35.5. The highest BCUT2D eigenvalue weighted by Gasteiger charge is 2.55. The van der Waals surface area contributed by atoms with Crippen molar-refractivity contribution in [1.82, 2.24) is 38.5 Å². The number of hydrogen-bond acceptors (Lipinski definition) is 12. The van der Waals surface area contributed by atoms with Crippen LogP contribution < -0.4 is 10.5 Å². The van der Waals surface area contributed by atoms with Gasteiger partial charge in [0.25, 0.3) is 5.56 Å².